The molecule has 0 unspecified atom stereocenters. The molecule has 42 heavy (non-hydrogen) atoms. The maximum absolute atomic E-state index is 11.3. The highest BCUT2D eigenvalue weighted by Gasteiger charge is 2.29. The molecule has 0 bridgehead atoms. The van der Waals surface area contributed by atoms with Crippen molar-refractivity contribution in [1.82, 2.24) is 0 Å². The lowest BCUT2D eigenvalue weighted by molar-refractivity contribution is -0.742. The standard InChI is InChI=1S/C13H13NO6S.C13H14O3S.HNO3/c1-6(2)20-11-9-8(21-12(11)13(16)17)4-3-7(5-15)10(9)14(18)19;1-7(2)16-11-9-6-8(3)4-5-10(9)17-12(11)13(14)15;2-1(3)4/h3-4,6,15H,5H2,1-2H3,(H,16,17);4-7H,1-3H3,(H,14,15);(H,2,3,4). The van der Waals surface area contributed by atoms with Gasteiger partial charge in [0.2, 0.25) is 0 Å². The van der Waals surface area contributed by atoms with Crippen LogP contribution in [0.1, 0.15) is 58.2 Å². The molecular weight excluding hydrogens is 596 g/mol. The summed E-state index contributed by atoms with van der Waals surface area (Å²) in [6.07, 6.45) is -0.371. The third-order valence-corrected chi connectivity index (χ3v) is 7.38. The van der Waals surface area contributed by atoms with Gasteiger partial charge in [-0.25, -0.2) is 9.59 Å². The van der Waals surface area contributed by atoms with Crippen LogP contribution >= 0.6 is 22.7 Å². The van der Waals surface area contributed by atoms with Gasteiger partial charge in [-0.1, -0.05) is 11.6 Å². The molecule has 0 aliphatic carbocycles. The number of aromatic carboxylic acids is 2. The van der Waals surface area contributed by atoms with E-state index in [9.17, 15) is 35.0 Å². The molecule has 14 nitrogen and oxygen atoms in total. The lowest BCUT2D eigenvalue weighted by Gasteiger charge is -2.10. The zero-order valence-electron chi connectivity index (χ0n) is 23.0. The molecule has 0 amide bonds. The fourth-order valence-corrected chi connectivity index (χ4v) is 5.63. The number of carboxylic acids is 2. The van der Waals surface area contributed by atoms with Crippen LogP contribution in [-0.4, -0.2) is 54.7 Å². The minimum atomic E-state index is -1.50. The number of carbonyl (C=O) groups is 2. The molecule has 0 saturated heterocycles. The number of hydrogen-bond acceptors (Lipinski definition) is 11. The van der Waals surface area contributed by atoms with Crippen LogP contribution < -0.4 is 9.47 Å². The van der Waals surface area contributed by atoms with Gasteiger partial charge in [0, 0.05) is 14.8 Å². The van der Waals surface area contributed by atoms with Gasteiger partial charge in [-0.05, 0) is 58.9 Å². The maximum Gasteiger partial charge on any atom is 0.349 e. The van der Waals surface area contributed by atoms with E-state index in [2.05, 4.69) is 0 Å². The molecule has 0 atom stereocenters. The quantitative estimate of drug-likeness (QED) is 0.128. The monoisotopic (exact) mass is 624 g/mol. The van der Waals surface area contributed by atoms with Crippen LogP contribution in [-0.2, 0) is 6.61 Å². The summed E-state index contributed by atoms with van der Waals surface area (Å²) >= 11 is 2.17. The van der Waals surface area contributed by atoms with E-state index in [0.717, 1.165) is 27.0 Å². The number of nitro benzene ring substituents is 1. The molecule has 4 rings (SSSR count). The summed E-state index contributed by atoms with van der Waals surface area (Å²) in [4.78, 5) is 41.7. The van der Waals surface area contributed by atoms with Crippen molar-refractivity contribution in [3.63, 3.8) is 0 Å². The number of benzene rings is 2. The normalized spacial score (nSPS) is 10.6. The second-order valence-corrected chi connectivity index (χ2v) is 11.2. The molecule has 0 spiro atoms. The number of nitro groups is 1. The van der Waals surface area contributed by atoms with E-state index in [4.69, 9.17) is 24.8 Å². The first-order valence-corrected chi connectivity index (χ1v) is 13.7. The summed E-state index contributed by atoms with van der Waals surface area (Å²) in [5.74, 6) is -1.65. The van der Waals surface area contributed by atoms with E-state index in [1.807, 2.05) is 39.0 Å². The van der Waals surface area contributed by atoms with Crippen LogP contribution in [0.5, 0.6) is 11.5 Å². The van der Waals surface area contributed by atoms with Crippen LogP contribution in [0.2, 0.25) is 0 Å². The number of carboxylic acid groups (broad SMARTS) is 2. The van der Waals surface area contributed by atoms with Crippen LogP contribution in [0.4, 0.5) is 5.69 Å². The Morgan fingerprint density at radius 2 is 1.36 bits per heavy atom. The lowest BCUT2D eigenvalue weighted by Crippen LogP contribution is -2.08. The summed E-state index contributed by atoms with van der Waals surface area (Å²) in [5.41, 5.74) is 0.908. The molecule has 0 fully saturated rings. The highest BCUT2D eigenvalue weighted by Crippen LogP contribution is 2.45. The summed E-state index contributed by atoms with van der Waals surface area (Å²) in [5, 5.41) is 53.6. The molecule has 2 aromatic carbocycles. The van der Waals surface area contributed by atoms with Gasteiger partial charge in [-0.3, -0.25) is 10.1 Å². The summed E-state index contributed by atoms with van der Waals surface area (Å²) in [6.45, 7) is 8.67. The van der Waals surface area contributed by atoms with Gasteiger partial charge in [0.05, 0.1) is 29.3 Å². The number of hydrogen-bond donors (Lipinski definition) is 4. The molecule has 2 aromatic heterocycles. The molecular formula is C26H28N2O12S2. The SMILES string of the molecule is CC(C)Oc1c(C(=O)O)sc2ccc(CO)c([N+](=O)[O-])c12.Cc1ccc2sc(C(=O)O)c(OC(C)C)c2c1.O=[N+]([O-])O. The van der Waals surface area contributed by atoms with Crippen molar-refractivity contribution >= 4 is 60.5 Å². The van der Waals surface area contributed by atoms with Gasteiger partial charge in [0.1, 0.15) is 5.39 Å². The highest BCUT2D eigenvalue weighted by molar-refractivity contribution is 7.21. The Balaban J connectivity index is 0.000000265. The van der Waals surface area contributed by atoms with E-state index >= 15 is 0 Å². The van der Waals surface area contributed by atoms with Crippen molar-refractivity contribution in [1.29, 1.82) is 0 Å². The van der Waals surface area contributed by atoms with Crippen molar-refractivity contribution in [2.75, 3.05) is 0 Å². The lowest BCUT2D eigenvalue weighted by atomic mass is 10.1. The van der Waals surface area contributed by atoms with E-state index in [-0.39, 0.29) is 44.3 Å². The Kier molecular flexibility index (Phi) is 11.5. The first kappa shape index (κ1) is 33.7. The second kappa shape index (κ2) is 14.4. The van der Waals surface area contributed by atoms with Crippen molar-refractivity contribution in [3.05, 3.63) is 71.4 Å². The van der Waals surface area contributed by atoms with Crippen molar-refractivity contribution in [2.45, 2.75) is 53.4 Å². The van der Waals surface area contributed by atoms with E-state index in [1.165, 1.54) is 17.4 Å². The molecule has 4 N–H and O–H groups in total. The molecule has 226 valence electrons. The Bertz CT molecular complexity index is 1620. The molecule has 0 aliphatic rings. The van der Waals surface area contributed by atoms with E-state index in [0.29, 0.717) is 10.4 Å². The van der Waals surface area contributed by atoms with Crippen molar-refractivity contribution in [2.24, 2.45) is 0 Å². The highest BCUT2D eigenvalue weighted by atomic mass is 32.1. The number of ether oxygens (including phenoxy) is 2. The predicted octanol–water partition coefficient (Wildman–Crippen LogP) is 6.13. The number of fused-ring (bicyclic) bond motifs is 2. The van der Waals surface area contributed by atoms with Gasteiger partial charge >= 0.3 is 11.9 Å². The molecule has 0 saturated carbocycles. The maximum atomic E-state index is 11.3. The zero-order valence-corrected chi connectivity index (χ0v) is 24.6. The van der Waals surface area contributed by atoms with Crippen molar-refractivity contribution in [3.8, 4) is 11.5 Å². The topological polar surface area (TPSA) is 220 Å². The summed E-state index contributed by atoms with van der Waals surface area (Å²) in [6, 6.07) is 8.86. The van der Waals surface area contributed by atoms with Gasteiger partial charge in [-0.2, -0.15) is 0 Å². The van der Waals surface area contributed by atoms with E-state index in [1.54, 1.807) is 19.9 Å². The Morgan fingerprint density at radius 3 is 1.83 bits per heavy atom. The van der Waals surface area contributed by atoms with Gasteiger partial charge in [0.15, 0.2) is 21.3 Å². The average molecular weight is 625 g/mol. The van der Waals surface area contributed by atoms with Crippen LogP contribution in [0, 0.1) is 27.2 Å². The van der Waals surface area contributed by atoms with Crippen LogP contribution in [0.15, 0.2) is 30.3 Å². The summed E-state index contributed by atoms with van der Waals surface area (Å²) in [7, 11) is 0. The number of rotatable bonds is 8. The number of aliphatic hydroxyl groups is 1. The van der Waals surface area contributed by atoms with Crippen LogP contribution in [0.25, 0.3) is 20.2 Å². The van der Waals surface area contributed by atoms with E-state index < -0.39 is 28.6 Å². The zero-order chi connectivity index (χ0) is 31.9. The van der Waals surface area contributed by atoms with Gasteiger partial charge in [0.25, 0.3) is 10.8 Å². The third kappa shape index (κ3) is 8.25. The number of nitrogens with zero attached hydrogens (tertiary/aromatic N) is 2. The number of thiophene rings is 2. The number of aryl methyl sites for hydroxylation is 1. The fraction of sp³-hybridized carbons (Fsp3) is 0.308. The summed E-state index contributed by atoms with van der Waals surface area (Å²) < 4.78 is 12.5. The smallest absolute Gasteiger partial charge is 0.349 e. The van der Waals surface area contributed by atoms with Crippen molar-refractivity contribution < 1.29 is 49.6 Å². The first-order valence-electron chi connectivity index (χ1n) is 12.1. The second-order valence-electron chi connectivity index (χ2n) is 9.06. The minimum absolute atomic E-state index is 0.0144. The Labute approximate surface area is 246 Å². The molecule has 2 heterocycles. The van der Waals surface area contributed by atoms with Gasteiger partial charge in [-0.15, -0.1) is 32.8 Å². The van der Waals surface area contributed by atoms with Crippen LogP contribution in [0.3, 0.4) is 0 Å². The number of aliphatic hydroxyl groups excluding tert-OH is 1. The average Bonchev–Trinajstić information content (AvgIpc) is 3.41. The molecule has 16 heteroatoms. The molecule has 4 aromatic rings. The first-order chi connectivity index (χ1) is 19.6. The fourth-order valence-electron chi connectivity index (χ4n) is 3.70. The minimum Gasteiger partial charge on any atom is -0.489 e. The molecule has 0 aliphatic heterocycles. The Morgan fingerprint density at radius 1 is 0.881 bits per heavy atom. The van der Waals surface area contributed by atoms with Gasteiger partial charge < -0.3 is 30.0 Å². The predicted molar refractivity (Wildman–Crippen MR) is 155 cm³/mol. The molecule has 0 radical (unpaired) electrons. The Hall–Kier alpha value is -4.54. The third-order valence-electron chi connectivity index (χ3n) is 5.12. The largest absolute Gasteiger partial charge is 0.489 e.